The second-order valence-corrected chi connectivity index (χ2v) is 6.77. The summed E-state index contributed by atoms with van der Waals surface area (Å²) in [7, 11) is 1.55. The number of anilines is 1. The molecule has 7 nitrogen and oxygen atoms in total. The van der Waals surface area contributed by atoms with Gasteiger partial charge in [0.1, 0.15) is 17.3 Å². The van der Waals surface area contributed by atoms with Crippen LogP contribution in [0.1, 0.15) is 35.7 Å². The molecule has 8 heteroatoms. The van der Waals surface area contributed by atoms with Crippen LogP contribution in [0.2, 0.25) is 0 Å². The van der Waals surface area contributed by atoms with Crippen LogP contribution >= 0.6 is 0 Å². The molecule has 0 aliphatic heterocycles. The molecule has 0 saturated carbocycles. The van der Waals surface area contributed by atoms with Gasteiger partial charge in [0.15, 0.2) is 0 Å². The van der Waals surface area contributed by atoms with Crippen molar-refractivity contribution in [1.82, 2.24) is 10.3 Å². The number of aromatic nitrogens is 1. The summed E-state index contributed by atoms with van der Waals surface area (Å²) in [6.07, 6.45) is 5.05. The second-order valence-electron chi connectivity index (χ2n) is 6.77. The molecule has 1 aromatic heterocycles. The molecule has 0 saturated heterocycles. The van der Waals surface area contributed by atoms with Gasteiger partial charge >= 0.3 is 0 Å². The summed E-state index contributed by atoms with van der Waals surface area (Å²) in [5.74, 6) is -1.30. The highest BCUT2D eigenvalue weighted by Gasteiger charge is 2.21. The molecule has 2 amide bonds. The van der Waals surface area contributed by atoms with E-state index in [0.29, 0.717) is 24.9 Å². The first kappa shape index (κ1) is 23.0. The SMILES string of the molecule is CCCc1c(Cc2ccc(F)cc2)cnc(/C(O)=C/C(=O)NCCO)c1N(C)C=O. The maximum Gasteiger partial charge on any atom is 0.247 e. The lowest BCUT2D eigenvalue weighted by Crippen LogP contribution is -2.25. The maximum absolute atomic E-state index is 13.2. The number of pyridine rings is 1. The number of amides is 2. The van der Waals surface area contributed by atoms with Crippen LogP contribution in [-0.4, -0.2) is 47.7 Å². The van der Waals surface area contributed by atoms with Gasteiger partial charge in [-0.15, -0.1) is 0 Å². The van der Waals surface area contributed by atoms with Crippen LogP contribution < -0.4 is 10.2 Å². The van der Waals surface area contributed by atoms with E-state index in [1.807, 2.05) is 6.92 Å². The minimum absolute atomic E-state index is 0.0504. The number of nitrogens with zero attached hydrogens (tertiary/aromatic N) is 2. The van der Waals surface area contributed by atoms with E-state index >= 15 is 0 Å². The van der Waals surface area contributed by atoms with Gasteiger partial charge in [-0.2, -0.15) is 0 Å². The summed E-state index contributed by atoms with van der Waals surface area (Å²) >= 11 is 0. The van der Waals surface area contributed by atoms with Gasteiger partial charge in [0.2, 0.25) is 12.3 Å². The molecule has 3 N–H and O–H groups in total. The van der Waals surface area contributed by atoms with E-state index < -0.39 is 5.91 Å². The standard InChI is InChI=1S/C22H26FN3O4/c1-3-4-18-16(11-15-5-7-17(23)8-6-15)13-25-21(22(18)26(2)14-28)19(29)12-20(30)24-9-10-27/h5-8,12-14,27,29H,3-4,9-11H2,1-2H3,(H,24,30)/b19-12-. The Morgan fingerprint density at radius 2 is 2.00 bits per heavy atom. The molecule has 0 aliphatic rings. The molecule has 2 aromatic rings. The largest absolute Gasteiger partial charge is 0.505 e. The monoisotopic (exact) mass is 415 g/mol. The quantitative estimate of drug-likeness (QED) is 0.314. The van der Waals surface area contributed by atoms with Crippen molar-refractivity contribution < 1.29 is 24.2 Å². The average Bonchev–Trinajstić information content (AvgIpc) is 2.74. The van der Waals surface area contributed by atoms with Crippen LogP contribution in [0, 0.1) is 5.82 Å². The third kappa shape index (κ3) is 5.87. The number of aliphatic hydroxyl groups is 2. The van der Waals surface area contributed by atoms with E-state index in [-0.39, 0.29) is 30.4 Å². The zero-order valence-electron chi connectivity index (χ0n) is 17.1. The number of carbonyl (C=O) groups is 2. The van der Waals surface area contributed by atoms with Crippen LogP contribution in [0.5, 0.6) is 0 Å². The number of hydrogen-bond donors (Lipinski definition) is 3. The van der Waals surface area contributed by atoms with Crippen LogP contribution in [0.15, 0.2) is 36.5 Å². The number of rotatable bonds is 10. The molecule has 0 atom stereocenters. The van der Waals surface area contributed by atoms with E-state index in [1.165, 1.54) is 17.0 Å². The van der Waals surface area contributed by atoms with Crippen molar-refractivity contribution in [2.45, 2.75) is 26.2 Å². The third-order valence-corrected chi connectivity index (χ3v) is 4.49. The van der Waals surface area contributed by atoms with Gasteiger partial charge in [0.25, 0.3) is 0 Å². The fraction of sp³-hybridized carbons (Fsp3) is 0.318. The Morgan fingerprint density at radius 1 is 1.30 bits per heavy atom. The zero-order chi connectivity index (χ0) is 22.1. The van der Waals surface area contributed by atoms with Crippen molar-refractivity contribution in [2.75, 3.05) is 25.1 Å². The molecule has 0 unspecified atom stereocenters. The van der Waals surface area contributed by atoms with E-state index in [0.717, 1.165) is 29.2 Å². The number of aliphatic hydroxyl groups excluding tert-OH is 2. The van der Waals surface area contributed by atoms with Gasteiger partial charge in [-0.05, 0) is 41.7 Å². The van der Waals surface area contributed by atoms with Gasteiger partial charge in [-0.1, -0.05) is 25.5 Å². The van der Waals surface area contributed by atoms with Gasteiger partial charge < -0.3 is 20.4 Å². The van der Waals surface area contributed by atoms with Crippen molar-refractivity contribution in [3.63, 3.8) is 0 Å². The number of nitrogens with one attached hydrogen (secondary N) is 1. The molecule has 0 bridgehead atoms. The van der Waals surface area contributed by atoms with Crippen LogP contribution in [-0.2, 0) is 22.4 Å². The minimum Gasteiger partial charge on any atom is -0.505 e. The lowest BCUT2D eigenvalue weighted by atomic mass is 9.95. The normalized spacial score (nSPS) is 11.3. The summed E-state index contributed by atoms with van der Waals surface area (Å²) in [4.78, 5) is 29.1. The number of hydrogen-bond acceptors (Lipinski definition) is 5. The average molecular weight is 415 g/mol. The molecular formula is C22H26FN3O4. The Labute approximate surface area is 174 Å². The van der Waals surface area contributed by atoms with Crippen LogP contribution in [0.25, 0.3) is 5.76 Å². The molecule has 30 heavy (non-hydrogen) atoms. The lowest BCUT2D eigenvalue weighted by Gasteiger charge is -2.22. The first-order valence-corrected chi connectivity index (χ1v) is 9.64. The number of carbonyl (C=O) groups excluding carboxylic acids is 2. The fourth-order valence-electron chi connectivity index (χ4n) is 3.12. The van der Waals surface area contributed by atoms with Gasteiger partial charge in [-0.25, -0.2) is 4.39 Å². The summed E-state index contributed by atoms with van der Waals surface area (Å²) in [5, 5.41) is 21.7. The first-order chi connectivity index (χ1) is 14.4. The summed E-state index contributed by atoms with van der Waals surface area (Å²) < 4.78 is 13.2. The van der Waals surface area contributed by atoms with E-state index in [4.69, 9.17) is 5.11 Å². The molecular weight excluding hydrogens is 389 g/mol. The molecule has 2 rings (SSSR count). The highest BCUT2D eigenvalue weighted by Crippen LogP contribution is 2.32. The molecule has 1 aromatic carbocycles. The summed E-state index contributed by atoms with van der Waals surface area (Å²) in [6, 6.07) is 6.14. The predicted octanol–water partition coefficient (Wildman–Crippen LogP) is 2.36. The lowest BCUT2D eigenvalue weighted by molar-refractivity contribution is -0.116. The van der Waals surface area contributed by atoms with E-state index in [1.54, 1.807) is 25.4 Å². The zero-order valence-corrected chi connectivity index (χ0v) is 17.1. The molecule has 0 spiro atoms. The Bertz CT molecular complexity index is 913. The topological polar surface area (TPSA) is 103 Å². The van der Waals surface area contributed by atoms with Crippen molar-refractivity contribution in [3.8, 4) is 0 Å². The van der Waals surface area contributed by atoms with Crippen molar-refractivity contribution in [1.29, 1.82) is 0 Å². The highest BCUT2D eigenvalue weighted by atomic mass is 19.1. The Balaban J connectivity index is 2.54. The van der Waals surface area contributed by atoms with Gasteiger partial charge in [-0.3, -0.25) is 14.6 Å². The van der Waals surface area contributed by atoms with Gasteiger partial charge in [0, 0.05) is 25.9 Å². The Morgan fingerprint density at radius 3 is 2.60 bits per heavy atom. The Kier molecular flexibility index (Phi) is 8.49. The van der Waals surface area contributed by atoms with Crippen molar-refractivity contribution in [3.05, 3.63) is 64.7 Å². The van der Waals surface area contributed by atoms with Crippen LogP contribution in [0.4, 0.5) is 10.1 Å². The molecule has 1 heterocycles. The van der Waals surface area contributed by atoms with Crippen molar-refractivity contribution >= 4 is 23.8 Å². The third-order valence-electron chi connectivity index (χ3n) is 4.49. The summed E-state index contributed by atoms with van der Waals surface area (Å²) in [6.45, 7) is 1.82. The maximum atomic E-state index is 13.2. The first-order valence-electron chi connectivity index (χ1n) is 9.64. The Hall–Kier alpha value is -3.26. The number of benzene rings is 1. The second kappa shape index (κ2) is 11.1. The van der Waals surface area contributed by atoms with Crippen LogP contribution in [0.3, 0.4) is 0 Å². The molecule has 160 valence electrons. The summed E-state index contributed by atoms with van der Waals surface area (Å²) in [5.41, 5.74) is 3.06. The minimum atomic E-state index is -0.588. The fourth-order valence-corrected chi connectivity index (χ4v) is 3.12. The number of halogens is 1. The van der Waals surface area contributed by atoms with E-state index in [2.05, 4.69) is 10.3 Å². The van der Waals surface area contributed by atoms with Crippen molar-refractivity contribution in [2.24, 2.45) is 0 Å². The van der Waals surface area contributed by atoms with E-state index in [9.17, 15) is 19.1 Å². The predicted molar refractivity (Wildman–Crippen MR) is 113 cm³/mol. The highest BCUT2D eigenvalue weighted by molar-refractivity contribution is 5.95. The molecule has 0 fully saturated rings. The molecule has 0 aliphatic carbocycles. The molecule has 0 radical (unpaired) electrons. The van der Waals surface area contributed by atoms with Gasteiger partial charge in [0.05, 0.1) is 12.3 Å². The smallest absolute Gasteiger partial charge is 0.247 e.